The molecule has 1 aliphatic rings. The van der Waals surface area contributed by atoms with Crippen LogP contribution in [0.4, 0.5) is 0 Å². The zero-order chi connectivity index (χ0) is 15.8. The Morgan fingerprint density at radius 3 is 2.91 bits per heavy atom. The van der Waals surface area contributed by atoms with E-state index in [-0.39, 0.29) is 11.8 Å². The van der Waals surface area contributed by atoms with Crippen LogP contribution in [-0.4, -0.2) is 37.1 Å². The van der Waals surface area contributed by atoms with E-state index in [1.807, 2.05) is 35.2 Å². The molecule has 1 saturated heterocycles. The van der Waals surface area contributed by atoms with Crippen LogP contribution in [0.15, 0.2) is 30.3 Å². The van der Waals surface area contributed by atoms with Crippen LogP contribution in [0, 0.1) is 18.3 Å². The fourth-order valence-corrected chi connectivity index (χ4v) is 3.14. The van der Waals surface area contributed by atoms with Crippen molar-refractivity contribution in [2.45, 2.75) is 32.1 Å². The second kappa shape index (κ2) is 8.60. The van der Waals surface area contributed by atoms with Gasteiger partial charge in [0.2, 0.25) is 5.91 Å². The molecule has 2 atom stereocenters. The standard InChI is InChI=1S/C19H25NO2/c1-3-13-22-15-16-9-8-12-20(14-16)19(21)18(4-2)17-10-6-5-7-11-17/h1,5-7,10-11,16,18H,4,8-9,12-15H2,2H3/t16-,18-/m0/s1. The van der Waals surface area contributed by atoms with E-state index in [9.17, 15) is 4.79 Å². The van der Waals surface area contributed by atoms with Gasteiger partial charge in [-0.3, -0.25) is 4.79 Å². The van der Waals surface area contributed by atoms with E-state index in [1.54, 1.807) is 0 Å². The van der Waals surface area contributed by atoms with E-state index in [0.29, 0.717) is 19.1 Å². The van der Waals surface area contributed by atoms with Crippen LogP contribution in [0.3, 0.4) is 0 Å². The second-order valence-corrected chi connectivity index (χ2v) is 5.88. The molecule has 3 nitrogen and oxygen atoms in total. The maximum atomic E-state index is 12.9. The molecular formula is C19H25NO2. The molecule has 0 radical (unpaired) electrons. The van der Waals surface area contributed by atoms with Gasteiger partial charge in [0, 0.05) is 13.1 Å². The number of ether oxygens (including phenoxy) is 1. The summed E-state index contributed by atoms with van der Waals surface area (Å²) in [4.78, 5) is 14.9. The number of carbonyl (C=O) groups is 1. The summed E-state index contributed by atoms with van der Waals surface area (Å²) in [5.74, 6) is 3.10. The lowest BCUT2D eigenvalue weighted by Crippen LogP contribution is -2.43. The first kappa shape index (κ1) is 16.6. The number of hydrogen-bond acceptors (Lipinski definition) is 2. The van der Waals surface area contributed by atoms with Crippen molar-refractivity contribution in [3.63, 3.8) is 0 Å². The zero-order valence-electron chi connectivity index (χ0n) is 13.3. The summed E-state index contributed by atoms with van der Waals surface area (Å²) in [5.41, 5.74) is 1.11. The van der Waals surface area contributed by atoms with Crippen LogP contribution in [0.1, 0.15) is 37.7 Å². The number of hydrogen-bond donors (Lipinski definition) is 0. The minimum Gasteiger partial charge on any atom is -0.368 e. The molecule has 0 aliphatic carbocycles. The van der Waals surface area contributed by atoms with Crippen molar-refractivity contribution in [1.82, 2.24) is 4.90 Å². The zero-order valence-corrected chi connectivity index (χ0v) is 13.3. The van der Waals surface area contributed by atoms with Gasteiger partial charge in [0.15, 0.2) is 0 Å². The number of carbonyl (C=O) groups excluding carboxylic acids is 1. The van der Waals surface area contributed by atoms with Gasteiger partial charge in [0.05, 0.1) is 12.5 Å². The van der Waals surface area contributed by atoms with E-state index in [4.69, 9.17) is 11.2 Å². The minimum absolute atomic E-state index is 0.0356. The molecule has 118 valence electrons. The van der Waals surface area contributed by atoms with Crippen LogP contribution in [-0.2, 0) is 9.53 Å². The number of amides is 1. The number of benzene rings is 1. The van der Waals surface area contributed by atoms with Crippen molar-refractivity contribution in [2.75, 3.05) is 26.3 Å². The lowest BCUT2D eigenvalue weighted by molar-refractivity contribution is -0.135. The van der Waals surface area contributed by atoms with Gasteiger partial charge < -0.3 is 9.64 Å². The van der Waals surface area contributed by atoms with E-state index in [0.717, 1.165) is 37.9 Å². The molecule has 1 aliphatic heterocycles. The fourth-order valence-electron chi connectivity index (χ4n) is 3.14. The van der Waals surface area contributed by atoms with Crippen LogP contribution < -0.4 is 0 Å². The first-order chi connectivity index (χ1) is 10.8. The third-order valence-electron chi connectivity index (χ3n) is 4.28. The highest BCUT2D eigenvalue weighted by atomic mass is 16.5. The first-order valence-electron chi connectivity index (χ1n) is 8.11. The van der Waals surface area contributed by atoms with Gasteiger partial charge in [-0.2, -0.15) is 0 Å². The average molecular weight is 299 g/mol. The summed E-state index contributed by atoms with van der Waals surface area (Å²) in [6, 6.07) is 10.1. The van der Waals surface area contributed by atoms with E-state index >= 15 is 0 Å². The van der Waals surface area contributed by atoms with Gasteiger partial charge in [0.25, 0.3) is 0 Å². The molecule has 0 unspecified atom stereocenters. The van der Waals surface area contributed by atoms with Gasteiger partial charge in [-0.05, 0) is 30.7 Å². The largest absolute Gasteiger partial charge is 0.368 e. The molecule has 1 aromatic rings. The molecule has 1 aromatic carbocycles. The molecule has 3 heteroatoms. The normalized spacial score (nSPS) is 19.5. The van der Waals surface area contributed by atoms with Gasteiger partial charge in [-0.25, -0.2) is 0 Å². The highest BCUT2D eigenvalue weighted by molar-refractivity contribution is 5.83. The average Bonchev–Trinajstić information content (AvgIpc) is 2.57. The van der Waals surface area contributed by atoms with Crippen molar-refractivity contribution in [3.8, 4) is 12.3 Å². The third-order valence-corrected chi connectivity index (χ3v) is 4.28. The molecule has 0 aromatic heterocycles. The highest BCUT2D eigenvalue weighted by Gasteiger charge is 2.28. The van der Waals surface area contributed by atoms with Gasteiger partial charge in [-0.15, -0.1) is 6.42 Å². The van der Waals surface area contributed by atoms with E-state index in [2.05, 4.69) is 12.8 Å². The summed E-state index contributed by atoms with van der Waals surface area (Å²) >= 11 is 0. The van der Waals surface area contributed by atoms with Crippen molar-refractivity contribution >= 4 is 5.91 Å². The van der Waals surface area contributed by atoms with Crippen molar-refractivity contribution < 1.29 is 9.53 Å². The summed E-state index contributed by atoms with van der Waals surface area (Å²) < 4.78 is 5.45. The molecular weight excluding hydrogens is 274 g/mol. The van der Waals surface area contributed by atoms with Crippen molar-refractivity contribution in [3.05, 3.63) is 35.9 Å². The molecule has 1 amide bonds. The molecule has 1 fully saturated rings. The van der Waals surface area contributed by atoms with E-state index in [1.165, 1.54) is 0 Å². The Labute approximate surface area is 133 Å². The molecule has 1 heterocycles. The van der Waals surface area contributed by atoms with Gasteiger partial charge in [-0.1, -0.05) is 43.2 Å². The quantitative estimate of drug-likeness (QED) is 0.597. The Morgan fingerprint density at radius 2 is 2.23 bits per heavy atom. The lowest BCUT2D eigenvalue weighted by Gasteiger charge is -2.34. The van der Waals surface area contributed by atoms with Gasteiger partial charge in [0.1, 0.15) is 6.61 Å². The third kappa shape index (κ3) is 4.35. The molecule has 2 rings (SSSR count). The molecule has 22 heavy (non-hydrogen) atoms. The predicted molar refractivity (Wildman–Crippen MR) is 88.4 cm³/mol. The highest BCUT2D eigenvalue weighted by Crippen LogP contribution is 2.25. The minimum atomic E-state index is -0.0356. The summed E-state index contributed by atoms with van der Waals surface area (Å²) in [5, 5.41) is 0. The predicted octanol–water partition coefficient (Wildman–Crippen LogP) is 3.07. The molecule has 0 bridgehead atoms. The van der Waals surface area contributed by atoms with Crippen molar-refractivity contribution in [1.29, 1.82) is 0 Å². The van der Waals surface area contributed by atoms with Crippen molar-refractivity contribution in [2.24, 2.45) is 5.92 Å². The Kier molecular flexibility index (Phi) is 6.48. The number of nitrogens with zero attached hydrogens (tertiary/aromatic N) is 1. The maximum absolute atomic E-state index is 12.9. The Bertz CT molecular complexity index is 506. The summed E-state index contributed by atoms with van der Waals surface area (Å²) in [6.07, 6.45) is 8.18. The Morgan fingerprint density at radius 1 is 1.45 bits per heavy atom. The topological polar surface area (TPSA) is 29.5 Å². The number of piperidine rings is 1. The molecule has 0 N–H and O–H groups in total. The number of rotatable bonds is 6. The second-order valence-electron chi connectivity index (χ2n) is 5.88. The van der Waals surface area contributed by atoms with E-state index < -0.39 is 0 Å². The lowest BCUT2D eigenvalue weighted by atomic mass is 9.92. The smallest absolute Gasteiger partial charge is 0.230 e. The molecule has 0 saturated carbocycles. The van der Waals surface area contributed by atoms with Crippen LogP contribution >= 0.6 is 0 Å². The number of likely N-dealkylation sites (tertiary alicyclic amines) is 1. The SMILES string of the molecule is C#CCOC[C@H]1CCCN(C(=O)[C@@H](CC)c2ccccc2)C1. The maximum Gasteiger partial charge on any atom is 0.230 e. The Hall–Kier alpha value is -1.79. The van der Waals surface area contributed by atoms with Gasteiger partial charge >= 0.3 is 0 Å². The van der Waals surface area contributed by atoms with Crippen LogP contribution in [0.5, 0.6) is 0 Å². The Balaban J connectivity index is 1.97. The fraction of sp³-hybridized carbons (Fsp3) is 0.526. The van der Waals surface area contributed by atoms with Crippen LogP contribution in [0.2, 0.25) is 0 Å². The monoisotopic (exact) mass is 299 g/mol. The van der Waals surface area contributed by atoms with Crippen LogP contribution in [0.25, 0.3) is 0 Å². The molecule has 0 spiro atoms. The summed E-state index contributed by atoms with van der Waals surface area (Å²) in [6.45, 7) is 4.72. The number of terminal acetylenes is 1. The summed E-state index contributed by atoms with van der Waals surface area (Å²) in [7, 11) is 0. The first-order valence-corrected chi connectivity index (χ1v) is 8.11.